The number of hydrazone groups is 1. The maximum atomic E-state index is 11.9. The van der Waals surface area contributed by atoms with Crippen molar-refractivity contribution in [2.24, 2.45) is 10.2 Å². The van der Waals surface area contributed by atoms with Crippen molar-refractivity contribution in [2.45, 2.75) is 6.92 Å². The van der Waals surface area contributed by atoms with Crippen LogP contribution < -0.4 is 0 Å². The second-order valence-corrected chi connectivity index (χ2v) is 3.76. The zero-order chi connectivity index (χ0) is 15.5. The van der Waals surface area contributed by atoms with E-state index in [-0.39, 0.29) is 19.7 Å². The number of carbonyl (C=O) groups excluding carboxylic acids is 2. The third kappa shape index (κ3) is 5.75. The Morgan fingerprint density at radius 3 is 2.71 bits per heavy atom. The number of hydrogen-bond donors (Lipinski definition) is 0. The smallest absolute Gasteiger partial charge is 0.398 e. The lowest BCUT2D eigenvalue weighted by Crippen LogP contribution is -2.35. The highest BCUT2D eigenvalue weighted by molar-refractivity contribution is 6.32. The van der Waals surface area contributed by atoms with Gasteiger partial charge in [-0.3, -0.25) is 4.79 Å². The third-order valence-electron chi connectivity index (χ3n) is 2.31. The highest BCUT2D eigenvalue weighted by Crippen LogP contribution is 1.99. The van der Waals surface area contributed by atoms with Gasteiger partial charge in [-0.05, 0) is 18.0 Å². The molecule has 0 unspecified atom stereocenters. The molecule has 8 nitrogen and oxygen atoms in total. The molecule has 0 spiro atoms. The van der Waals surface area contributed by atoms with Gasteiger partial charge in [0.1, 0.15) is 0 Å². The molecule has 1 aromatic carbocycles. The first kappa shape index (κ1) is 16.2. The minimum Gasteiger partial charge on any atom is -0.459 e. The minimum absolute atomic E-state index is 0.00771. The van der Waals surface area contributed by atoms with Gasteiger partial charge >= 0.3 is 11.9 Å². The average molecular weight is 289 g/mol. The zero-order valence-electron chi connectivity index (χ0n) is 11.5. The van der Waals surface area contributed by atoms with E-state index in [9.17, 15) is 9.59 Å². The molecule has 1 aromatic rings. The topological polar surface area (TPSA) is 108 Å². The van der Waals surface area contributed by atoms with Crippen LogP contribution in [0, 0.1) is 0 Å². The first-order valence-corrected chi connectivity index (χ1v) is 6.27. The molecule has 110 valence electrons. The highest BCUT2D eigenvalue weighted by atomic mass is 16.5. The van der Waals surface area contributed by atoms with Crippen molar-refractivity contribution in [1.29, 1.82) is 0 Å². The molecular formula is C13H15N5O3. The standard InChI is InChI=1S/C13H15N5O3/c1-2-21-13(20)12(19)18(9-8-15-17-14)16-10-11-6-4-3-5-7-11/h3-7,10H,2,8-9H2,1H3/b16-10+. The Kier molecular flexibility index (Phi) is 7.02. The van der Waals surface area contributed by atoms with Gasteiger partial charge in [-0.15, -0.1) is 0 Å². The van der Waals surface area contributed by atoms with Crippen LogP contribution in [0.5, 0.6) is 0 Å². The number of azide groups is 1. The first-order chi connectivity index (χ1) is 10.2. The molecule has 8 heteroatoms. The van der Waals surface area contributed by atoms with Gasteiger partial charge < -0.3 is 4.74 Å². The average Bonchev–Trinajstić information content (AvgIpc) is 2.51. The van der Waals surface area contributed by atoms with E-state index in [1.54, 1.807) is 19.1 Å². The predicted octanol–water partition coefficient (Wildman–Crippen LogP) is 1.72. The van der Waals surface area contributed by atoms with E-state index < -0.39 is 11.9 Å². The number of nitrogens with zero attached hydrogens (tertiary/aromatic N) is 5. The second kappa shape index (κ2) is 9.11. The Morgan fingerprint density at radius 2 is 2.10 bits per heavy atom. The fourth-order valence-electron chi connectivity index (χ4n) is 1.37. The van der Waals surface area contributed by atoms with Crippen LogP contribution in [0.25, 0.3) is 10.4 Å². The number of benzene rings is 1. The predicted molar refractivity (Wildman–Crippen MR) is 76.4 cm³/mol. The summed E-state index contributed by atoms with van der Waals surface area (Å²) in [5.74, 6) is -1.90. The van der Waals surface area contributed by atoms with Crippen molar-refractivity contribution < 1.29 is 14.3 Å². The lowest BCUT2D eigenvalue weighted by molar-refractivity contribution is -0.159. The number of ether oxygens (including phenoxy) is 1. The van der Waals surface area contributed by atoms with Gasteiger partial charge in [-0.1, -0.05) is 35.4 Å². The normalized spacial score (nSPS) is 9.95. The Labute approximate surface area is 121 Å². The molecule has 0 aliphatic carbocycles. The summed E-state index contributed by atoms with van der Waals surface area (Å²) in [6, 6.07) is 9.08. The van der Waals surface area contributed by atoms with Crippen molar-refractivity contribution in [1.82, 2.24) is 5.01 Å². The molecule has 0 fully saturated rings. The number of amides is 1. The number of esters is 1. The van der Waals surface area contributed by atoms with Crippen molar-refractivity contribution in [3.8, 4) is 0 Å². The third-order valence-corrected chi connectivity index (χ3v) is 2.31. The maximum Gasteiger partial charge on any atom is 0.398 e. The van der Waals surface area contributed by atoms with Crippen LogP contribution in [-0.4, -0.2) is 42.8 Å². The number of carbonyl (C=O) groups is 2. The molecule has 0 saturated heterocycles. The van der Waals surface area contributed by atoms with Crippen LogP contribution in [0.1, 0.15) is 12.5 Å². The van der Waals surface area contributed by atoms with E-state index in [0.29, 0.717) is 0 Å². The van der Waals surface area contributed by atoms with Crippen LogP contribution in [-0.2, 0) is 14.3 Å². The van der Waals surface area contributed by atoms with E-state index >= 15 is 0 Å². The molecule has 1 rings (SSSR count). The fourth-order valence-corrected chi connectivity index (χ4v) is 1.37. The Bertz CT molecular complexity index is 552. The summed E-state index contributed by atoms with van der Waals surface area (Å²) in [4.78, 5) is 25.9. The number of rotatable bonds is 6. The van der Waals surface area contributed by atoms with Crippen molar-refractivity contribution in [3.63, 3.8) is 0 Å². The van der Waals surface area contributed by atoms with Crippen molar-refractivity contribution >= 4 is 18.1 Å². The molecule has 21 heavy (non-hydrogen) atoms. The summed E-state index contributed by atoms with van der Waals surface area (Å²) < 4.78 is 4.64. The van der Waals surface area contributed by atoms with Crippen molar-refractivity contribution in [3.05, 3.63) is 46.3 Å². The van der Waals surface area contributed by atoms with Gasteiger partial charge in [0.05, 0.1) is 19.4 Å². The van der Waals surface area contributed by atoms with Gasteiger partial charge in [0, 0.05) is 11.5 Å². The van der Waals surface area contributed by atoms with Crippen LogP contribution in [0.2, 0.25) is 0 Å². The molecule has 0 saturated carbocycles. The Hall–Kier alpha value is -2.86. The molecule has 0 heterocycles. The van der Waals surface area contributed by atoms with Crippen LogP contribution in [0.4, 0.5) is 0 Å². The van der Waals surface area contributed by atoms with E-state index in [0.717, 1.165) is 10.6 Å². The fraction of sp³-hybridized carbons (Fsp3) is 0.308. The summed E-state index contributed by atoms with van der Waals surface area (Å²) in [6.45, 7) is 1.69. The summed E-state index contributed by atoms with van der Waals surface area (Å²) in [7, 11) is 0. The van der Waals surface area contributed by atoms with E-state index in [1.807, 2.05) is 18.2 Å². The molecule has 0 aromatic heterocycles. The molecule has 0 aliphatic rings. The molecule has 0 radical (unpaired) electrons. The summed E-state index contributed by atoms with van der Waals surface area (Å²) in [5.41, 5.74) is 9.01. The lowest BCUT2D eigenvalue weighted by atomic mass is 10.2. The largest absolute Gasteiger partial charge is 0.459 e. The molecular weight excluding hydrogens is 274 g/mol. The lowest BCUT2D eigenvalue weighted by Gasteiger charge is -2.14. The molecule has 0 aliphatic heterocycles. The summed E-state index contributed by atoms with van der Waals surface area (Å²) in [5, 5.41) is 8.17. The maximum absolute atomic E-state index is 11.9. The minimum atomic E-state index is -0.997. The van der Waals surface area contributed by atoms with E-state index in [4.69, 9.17) is 5.53 Å². The van der Waals surface area contributed by atoms with E-state index in [1.165, 1.54) is 6.21 Å². The van der Waals surface area contributed by atoms with Crippen LogP contribution in [0.15, 0.2) is 40.5 Å². The second-order valence-electron chi connectivity index (χ2n) is 3.76. The van der Waals surface area contributed by atoms with Crippen molar-refractivity contribution in [2.75, 3.05) is 19.7 Å². The van der Waals surface area contributed by atoms with Gasteiger partial charge in [-0.25, -0.2) is 9.80 Å². The van der Waals surface area contributed by atoms with Gasteiger partial charge in [0.15, 0.2) is 0 Å². The highest BCUT2D eigenvalue weighted by Gasteiger charge is 2.22. The SMILES string of the molecule is CCOC(=O)C(=O)N(CCN=[N+]=[N-])/N=C/c1ccccc1. The summed E-state index contributed by atoms with van der Waals surface area (Å²) in [6.07, 6.45) is 1.44. The quantitative estimate of drug-likeness (QED) is 0.151. The van der Waals surface area contributed by atoms with Gasteiger partial charge in [-0.2, -0.15) is 5.10 Å². The van der Waals surface area contributed by atoms with E-state index in [2.05, 4.69) is 19.9 Å². The monoisotopic (exact) mass is 289 g/mol. The molecule has 0 N–H and O–H groups in total. The van der Waals surface area contributed by atoms with Gasteiger partial charge in [0.2, 0.25) is 0 Å². The first-order valence-electron chi connectivity index (χ1n) is 6.27. The molecule has 0 atom stereocenters. The van der Waals surface area contributed by atoms with Crippen LogP contribution >= 0.6 is 0 Å². The zero-order valence-corrected chi connectivity index (χ0v) is 11.5. The van der Waals surface area contributed by atoms with Crippen LogP contribution in [0.3, 0.4) is 0 Å². The van der Waals surface area contributed by atoms with Gasteiger partial charge in [0.25, 0.3) is 0 Å². The number of hydrogen-bond acceptors (Lipinski definition) is 5. The molecule has 1 amide bonds. The Balaban J connectivity index is 2.81. The summed E-state index contributed by atoms with van der Waals surface area (Å²) >= 11 is 0. The molecule has 0 bridgehead atoms. The Morgan fingerprint density at radius 1 is 1.38 bits per heavy atom.